The number of hydrogen-bond acceptors (Lipinski definition) is 4. The number of aryl methyl sites for hydroxylation is 1. The molecule has 35 heavy (non-hydrogen) atoms. The second-order valence-electron chi connectivity index (χ2n) is 9.55. The minimum Gasteiger partial charge on any atom is -0.382 e. The van der Waals surface area contributed by atoms with E-state index in [1.807, 2.05) is 4.90 Å². The number of carbonyl (C=O) groups excluding carboxylic acids is 1. The summed E-state index contributed by atoms with van der Waals surface area (Å²) in [6.07, 6.45) is 1.46. The fourth-order valence-corrected chi connectivity index (χ4v) is 5.04. The average molecular weight is 472 g/mol. The number of nitrogens with two attached hydrogens (primary N) is 1. The van der Waals surface area contributed by atoms with Crippen molar-refractivity contribution in [2.45, 2.75) is 37.9 Å². The van der Waals surface area contributed by atoms with Gasteiger partial charge < -0.3 is 15.4 Å². The highest BCUT2D eigenvalue weighted by molar-refractivity contribution is 5.82. The summed E-state index contributed by atoms with van der Waals surface area (Å²) in [6.45, 7) is 4.75. The summed E-state index contributed by atoms with van der Waals surface area (Å²) in [5.74, 6) is 0.00611. The molecule has 0 radical (unpaired) electrons. The summed E-state index contributed by atoms with van der Waals surface area (Å²) in [7, 11) is 1.70. The summed E-state index contributed by atoms with van der Waals surface area (Å²) in [5.41, 5.74) is 11.3. The molecule has 0 aliphatic carbocycles. The number of benzene rings is 3. The highest BCUT2D eigenvalue weighted by Gasteiger charge is 2.35. The first-order valence-corrected chi connectivity index (χ1v) is 12.5. The quantitative estimate of drug-likeness (QED) is 0.512. The Morgan fingerprint density at radius 2 is 1.54 bits per heavy atom. The van der Waals surface area contributed by atoms with Gasteiger partial charge in [-0.05, 0) is 36.5 Å². The second-order valence-corrected chi connectivity index (χ2v) is 9.55. The molecule has 3 aromatic rings. The summed E-state index contributed by atoms with van der Waals surface area (Å²) in [5, 5.41) is 0. The van der Waals surface area contributed by atoms with Crippen molar-refractivity contribution in [2.24, 2.45) is 5.73 Å². The van der Waals surface area contributed by atoms with Gasteiger partial charge in [-0.25, -0.2) is 0 Å². The summed E-state index contributed by atoms with van der Waals surface area (Å²) >= 11 is 0. The van der Waals surface area contributed by atoms with Crippen LogP contribution in [0.15, 0.2) is 84.9 Å². The molecule has 0 saturated carbocycles. The smallest absolute Gasteiger partial charge is 0.240 e. The van der Waals surface area contributed by atoms with E-state index < -0.39 is 6.04 Å². The Bertz CT molecular complexity index is 1060. The topological polar surface area (TPSA) is 58.8 Å². The van der Waals surface area contributed by atoms with Gasteiger partial charge in [-0.1, -0.05) is 90.5 Å². The number of amides is 1. The first kappa shape index (κ1) is 25.1. The fraction of sp³-hybridized carbons (Fsp3) is 0.367. The minimum absolute atomic E-state index is 0.00611. The van der Waals surface area contributed by atoms with Gasteiger partial charge in [0.05, 0.1) is 18.7 Å². The van der Waals surface area contributed by atoms with Crippen LogP contribution in [-0.2, 0) is 22.4 Å². The molecule has 1 aliphatic rings. The molecular formula is C30H37N3O2. The molecule has 3 aromatic carbocycles. The average Bonchev–Trinajstić information content (AvgIpc) is 2.89. The molecule has 1 fully saturated rings. The van der Waals surface area contributed by atoms with Crippen molar-refractivity contribution in [3.05, 3.63) is 107 Å². The third-order valence-electron chi connectivity index (χ3n) is 6.95. The Morgan fingerprint density at radius 1 is 0.914 bits per heavy atom. The van der Waals surface area contributed by atoms with Crippen LogP contribution < -0.4 is 5.73 Å². The normalized spacial score (nSPS) is 18.3. The molecule has 1 amide bonds. The SMILES string of the molecule is COCC1CN(C(Cc2ccccc2)c2ccccc2)CCN1C(=O)C(N)Cc1ccc(C)cc1. The van der Waals surface area contributed by atoms with Crippen LogP contribution in [-0.4, -0.2) is 61.1 Å². The van der Waals surface area contributed by atoms with E-state index in [4.69, 9.17) is 10.5 Å². The lowest BCUT2D eigenvalue weighted by atomic mass is 9.95. The number of methoxy groups -OCH3 is 1. The molecule has 5 heteroatoms. The Labute approximate surface area is 209 Å². The monoisotopic (exact) mass is 471 g/mol. The van der Waals surface area contributed by atoms with Crippen LogP contribution in [0, 0.1) is 6.92 Å². The van der Waals surface area contributed by atoms with Crippen molar-refractivity contribution < 1.29 is 9.53 Å². The van der Waals surface area contributed by atoms with Crippen LogP contribution in [0.25, 0.3) is 0 Å². The number of hydrogen-bond donors (Lipinski definition) is 1. The van der Waals surface area contributed by atoms with Crippen LogP contribution in [0.5, 0.6) is 0 Å². The van der Waals surface area contributed by atoms with Gasteiger partial charge in [0.25, 0.3) is 0 Å². The molecule has 0 bridgehead atoms. The van der Waals surface area contributed by atoms with Crippen LogP contribution in [0.4, 0.5) is 0 Å². The van der Waals surface area contributed by atoms with E-state index in [1.54, 1.807) is 7.11 Å². The Balaban J connectivity index is 1.49. The third-order valence-corrected chi connectivity index (χ3v) is 6.95. The van der Waals surface area contributed by atoms with Crippen molar-refractivity contribution in [3.8, 4) is 0 Å². The van der Waals surface area contributed by atoms with Gasteiger partial charge in [-0.15, -0.1) is 0 Å². The lowest BCUT2D eigenvalue weighted by Crippen LogP contribution is -2.60. The van der Waals surface area contributed by atoms with Crippen LogP contribution in [0.1, 0.15) is 28.3 Å². The van der Waals surface area contributed by atoms with E-state index in [0.29, 0.717) is 19.6 Å². The predicted octanol–water partition coefficient (Wildman–Crippen LogP) is 4.01. The molecule has 3 atom stereocenters. The molecule has 184 valence electrons. The highest BCUT2D eigenvalue weighted by Crippen LogP contribution is 2.28. The first-order valence-electron chi connectivity index (χ1n) is 12.5. The van der Waals surface area contributed by atoms with E-state index in [9.17, 15) is 4.79 Å². The van der Waals surface area contributed by atoms with Gasteiger partial charge >= 0.3 is 0 Å². The minimum atomic E-state index is -0.558. The van der Waals surface area contributed by atoms with Crippen molar-refractivity contribution in [3.63, 3.8) is 0 Å². The molecular weight excluding hydrogens is 434 g/mol. The van der Waals surface area contributed by atoms with E-state index >= 15 is 0 Å². The maximum atomic E-state index is 13.4. The van der Waals surface area contributed by atoms with Crippen LogP contribution in [0.3, 0.4) is 0 Å². The fourth-order valence-electron chi connectivity index (χ4n) is 5.04. The lowest BCUT2D eigenvalue weighted by Gasteiger charge is -2.45. The largest absolute Gasteiger partial charge is 0.382 e. The molecule has 4 rings (SSSR count). The van der Waals surface area contributed by atoms with E-state index in [1.165, 1.54) is 16.7 Å². The van der Waals surface area contributed by atoms with E-state index in [2.05, 4.69) is 96.8 Å². The second kappa shape index (κ2) is 12.1. The van der Waals surface area contributed by atoms with Crippen LogP contribution in [0.2, 0.25) is 0 Å². The van der Waals surface area contributed by atoms with Crippen molar-refractivity contribution in [1.82, 2.24) is 9.80 Å². The zero-order valence-corrected chi connectivity index (χ0v) is 20.8. The van der Waals surface area contributed by atoms with Gasteiger partial charge in [0.2, 0.25) is 5.91 Å². The van der Waals surface area contributed by atoms with Gasteiger partial charge in [-0.3, -0.25) is 9.69 Å². The number of nitrogens with zero attached hydrogens (tertiary/aromatic N) is 2. The Hall–Kier alpha value is -2.99. The Morgan fingerprint density at radius 3 is 2.20 bits per heavy atom. The maximum absolute atomic E-state index is 13.4. The van der Waals surface area contributed by atoms with Crippen molar-refractivity contribution >= 4 is 5.91 Å². The van der Waals surface area contributed by atoms with E-state index in [0.717, 1.165) is 25.1 Å². The van der Waals surface area contributed by atoms with Gasteiger partial charge in [-0.2, -0.15) is 0 Å². The zero-order chi connectivity index (χ0) is 24.6. The summed E-state index contributed by atoms with van der Waals surface area (Å²) < 4.78 is 5.56. The standard InChI is InChI=1S/C30H37N3O2/c1-23-13-15-25(16-14-23)19-28(31)30(34)33-18-17-32(21-27(33)22-35-2)29(26-11-7-4-8-12-26)20-24-9-5-3-6-10-24/h3-16,27-29H,17-22,31H2,1-2H3. The van der Waals surface area contributed by atoms with E-state index in [-0.39, 0.29) is 18.0 Å². The summed E-state index contributed by atoms with van der Waals surface area (Å²) in [4.78, 5) is 17.9. The molecule has 5 nitrogen and oxygen atoms in total. The van der Waals surface area contributed by atoms with Gasteiger partial charge in [0, 0.05) is 32.8 Å². The number of piperazine rings is 1. The molecule has 1 saturated heterocycles. The maximum Gasteiger partial charge on any atom is 0.240 e. The van der Waals surface area contributed by atoms with Crippen molar-refractivity contribution in [1.29, 1.82) is 0 Å². The third kappa shape index (κ3) is 6.57. The number of carbonyl (C=O) groups is 1. The summed E-state index contributed by atoms with van der Waals surface area (Å²) in [6, 6.07) is 29.2. The molecule has 3 unspecified atom stereocenters. The highest BCUT2D eigenvalue weighted by atomic mass is 16.5. The molecule has 0 spiro atoms. The van der Waals surface area contributed by atoms with Crippen molar-refractivity contribution in [2.75, 3.05) is 33.4 Å². The molecule has 1 aliphatic heterocycles. The Kier molecular flexibility index (Phi) is 8.69. The lowest BCUT2D eigenvalue weighted by molar-refractivity contribution is -0.139. The predicted molar refractivity (Wildman–Crippen MR) is 141 cm³/mol. The molecule has 0 aromatic heterocycles. The first-order chi connectivity index (χ1) is 17.0. The molecule has 1 heterocycles. The number of ether oxygens (including phenoxy) is 1. The van der Waals surface area contributed by atoms with Crippen LogP contribution >= 0.6 is 0 Å². The molecule has 2 N–H and O–H groups in total. The zero-order valence-electron chi connectivity index (χ0n) is 20.8. The van der Waals surface area contributed by atoms with Gasteiger partial charge in [0.15, 0.2) is 0 Å². The van der Waals surface area contributed by atoms with Gasteiger partial charge in [0.1, 0.15) is 0 Å². The number of rotatable bonds is 9.